The number of ether oxygens (including phenoxy) is 2. The van der Waals surface area contributed by atoms with Crippen LogP contribution < -0.4 is 14.8 Å². The first-order valence-electron chi connectivity index (χ1n) is 12.6. The number of hydrogen-bond acceptors (Lipinski definition) is 4. The van der Waals surface area contributed by atoms with Crippen LogP contribution in [0, 0.1) is 5.92 Å². The fourth-order valence-corrected chi connectivity index (χ4v) is 10.3. The Kier molecular flexibility index (Phi) is 7.80. The van der Waals surface area contributed by atoms with Crippen LogP contribution in [0.3, 0.4) is 0 Å². The van der Waals surface area contributed by atoms with E-state index in [-0.39, 0.29) is 24.7 Å². The zero-order valence-corrected chi connectivity index (χ0v) is 22.0. The molecule has 1 amide bonds. The molecule has 2 fully saturated rings. The zero-order chi connectivity index (χ0) is 24.3. The molecule has 4 rings (SSSR count). The van der Waals surface area contributed by atoms with Crippen molar-refractivity contribution in [3.05, 3.63) is 54.1 Å². The molecular formula is C28H39NO4Si. The van der Waals surface area contributed by atoms with E-state index in [1.807, 2.05) is 11.0 Å². The van der Waals surface area contributed by atoms with E-state index in [2.05, 4.69) is 62.5 Å². The highest BCUT2D eigenvalue weighted by Gasteiger charge is 2.50. The molecule has 2 heterocycles. The minimum atomic E-state index is -1.87. The number of carbonyl (C=O) groups excluding carboxylic acids is 1. The first-order valence-corrected chi connectivity index (χ1v) is 15.7. The van der Waals surface area contributed by atoms with E-state index in [9.17, 15) is 9.90 Å². The number of aryl methyl sites for hydroxylation is 1. The molecule has 2 aliphatic heterocycles. The molecule has 0 bridgehead atoms. The van der Waals surface area contributed by atoms with E-state index in [0.717, 1.165) is 37.2 Å². The fourth-order valence-electron chi connectivity index (χ4n) is 6.15. The Morgan fingerprint density at radius 1 is 1.12 bits per heavy atom. The molecular weight excluding hydrogens is 442 g/mol. The SMILES string of the molecule is COc1ccc([Si](C)(C)[C@H]2[C@H](C)[C@H](CCc3cccc(N4CCCC4=O)c3)O[C@@H]2CCO)cc1. The van der Waals surface area contributed by atoms with Gasteiger partial charge in [0.25, 0.3) is 0 Å². The second-order valence-corrected chi connectivity index (χ2v) is 15.1. The lowest BCUT2D eigenvalue weighted by Crippen LogP contribution is -2.50. The Bertz CT molecular complexity index is 977. The van der Waals surface area contributed by atoms with Crippen molar-refractivity contribution < 1.29 is 19.4 Å². The second kappa shape index (κ2) is 10.6. The van der Waals surface area contributed by atoms with Crippen LogP contribution in [0.5, 0.6) is 5.75 Å². The lowest BCUT2D eigenvalue weighted by atomic mass is 9.95. The molecule has 184 valence electrons. The van der Waals surface area contributed by atoms with Crippen molar-refractivity contribution in [3.63, 3.8) is 0 Å². The number of hydrogen-bond donors (Lipinski definition) is 1. The van der Waals surface area contributed by atoms with Gasteiger partial charge in [-0.2, -0.15) is 0 Å². The number of nitrogens with zero attached hydrogens (tertiary/aromatic N) is 1. The third kappa shape index (κ3) is 5.09. The number of aliphatic hydroxyl groups excluding tert-OH is 1. The molecule has 0 saturated carbocycles. The number of methoxy groups -OCH3 is 1. The van der Waals surface area contributed by atoms with E-state index in [1.165, 1.54) is 10.8 Å². The summed E-state index contributed by atoms with van der Waals surface area (Å²) in [6, 6.07) is 17.0. The smallest absolute Gasteiger partial charge is 0.227 e. The van der Waals surface area contributed by atoms with Crippen molar-refractivity contribution >= 4 is 24.9 Å². The van der Waals surface area contributed by atoms with Crippen molar-refractivity contribution in [1.29, 1.82) is 0 Å². The summed E-state index contributed by atoms with van der Waals surface area (Å²) in [5.41, 5.74) is 2.71. The monoisotopic (exact) mass is 481 g/mol. The van der Waals surface area contributed by atoms with Gasteiger partial charge in [0.2, 0.25) is 5.91 Å². The Morgan fingerprint density at radius 3 is 2.53 bits per heavy atom. The Labute approximate surface area is 205 Å². The van der Waals surface area contributed by atoms with E-state index < -0.39 is 8.07 Å². The lowest BCUT2D eigenvalue weighted by molar-refractivity contribution is -0.117. The quantitative estimate of drug-likeness (QED) is 0.535. The molecule has 5 nitrogen and oxygen atoms in total. The van der Waals surface area contributed by atoms with Crippen LogP contribution in [0.4, 0.5) is 5.69 Å². The highest BCUT2D eigenvalue weighted by atomic mass is 28.3. The Morgan fingerprint density at radius 2 is 1.88 bits per heavy atom. The highest BCUT2D eigenvalue weighted by molar-refractivity contribution is 6.91. The largest absolute Gasteiger partial charge is 0.497 e. The van der Waals surface area contributed by atoms with Crippen LogP contribution in [0.15, 0.2) is 48.5 Å². The van der Waals surface area contributed by atoms with Gasteiger partial charge in [0.15, 0.2) is 0 Å². The van der Waals surface area contributed by atoms with Gasteiger partial charge >= 0.3 is 0 Å². The lowest BCUT2D eigenvalue weighted by Gasteiger charge is -2.36. The molecule has 0 aromatic heterocycles. The van der Waals surface area contributed by atoms with E-state index in [1.54, 1.807) is 7.11 Å². The first-order chi connectivity index (χ1) is 16.3. The van der Waals surface area contributed by atoms with Crippen LogP contribution >= 0.6 is 0 Å². The van der Waals surface area contributed by atoms with Gasteiger partial charge in [-0.15, -0.1) is 0 Å². The van der Waals surface area contributed by atoms with E-state index >= 15 is 0 Å². The molecule has 2 saturated heterocycles. The highest BCUT2D eigenvalue weighted by Crippen LogP contribution is 2.46. The predicted octanol–water partition coefficient (Wildman–Crippen LogP) is 4.53. The minimum absolute atomic E-state index is 0.0855. The summed E-state index contributed by atoms with van der Waals surface area (Å²) in [4.78, 5) is 14.1. The van der Waals surface area contributed by atoms with Gasteiger partial charge in [-0.05, 0) is 67.0 Å². The van der Waals surface area contributed by atoms with Gasteiger partial charge in [-0.25, -0.2) is 0 Å². The van der Waals surface area contributed by atoms with Gasteiger partial charge in [0.1, 0.15) is 5.75 Å². The number of aliphatic hydroxyl groups is 1. The maximum atomic E-state index is 12.2. The first kappa shape index (κ1) is 25.0. The minimum Gasteiger partial charge on any atom is -0.497 e. The van der Waals surface area contributed by atoms with Crippen molar-refractivity contribution in [2.45, 2.75) is 69.9 Å². The molecule has 0 spiro atoms. The molecule has 2 aromatic rings. The van der Waals surface area contributed by atoms with Gasteiger partial charge < -0.3 is 19.5 Å². The number of carbonyl (C=O) groups is 1. The normalized spacial score (nSPS) is 25.2. The summed E-state index contributed by atoms with van der Waals surface area (Å²) < 4.78 is 12.0. The molecule has 2 aliphatic rings. The second-order valence-electron chi connectivity index (χ2n) is 10.4. The maximum Gasteiger partial charge on any atom is 0.227 e. The number of amides is 1. The third-order valence-corrected chi connectivity index (χ3v) is 12.4. The predicted molar refractivity (Wildman–Crippen MR) is 140 cm³/mol. The van der Waals surface area contributed by atoms with Crippen molar-refractivity contribution in [2.24, 2.45) is 5.92 Å². The van der Waals surface area contributed by atoms with Crippen LogP contribution in [-0.2, 0) is 16.0 Å². The van der Waals surface area contributed by atoms with Crippen LogP contribution in [-0.4, -0.2) is 51.6 Å². The van der Waals surface area contributed by atoms with Gasteiger partial charge in [0, 0.05) is 25.3 Å². The molecule has 1 N–H and O–H groups in total. The van der Waals surface area contributed by atoms with E-state index in [4.69, 9.17) is 9.47 Å². The van der Waals surface area contributed by atoms with Crippen LogP contribution in [0.25, 0.3) is 0 Å². The Balaban J connectivity index is 1.48. The van der Waals surface area contributed by atoms with E-state index in [0.29, 0.717) is 24.3 Å². The van der Waals surface area contributed by atoms with Crippen molar-refractivity contribution in [2.75, 3.05) is 25.2 Å². The summed E-state index contributed by atoms with van der Waals surface area (Å²) in [5, 5.41) is 11.2. The Hall–Kier alpha value is -2.15. The summed E-state index contributed by atoms with van der Waals surface area (Å²) in [6.45, 7) is 8.18. The average Bonchev–Trinajstić information content (AvgIpc) is 3.41. The summed E-state index contributed by atoms with van der Waals surface area (Å²) in [5.74, 6) is 1.53. The molecule has 2 aromatic carbocycles. The number of benzene rings is 2. The molecule has 6 heteroatoms. The molecule has 0 aliphatic carbocycles. The topological polar surface area (TPSA) is 59.0 Å². The summed E-state index contributed by atoms with van der Waals surface area (Å²) in [7, 11) is -0.166. The number of rotatable bonds is 9. The summed E-state index contributed by atoms with van der Waals surface area (Å²) >= 11 is 0. The average molecular weight is 482 g/mol. The molecule has 34 heavy (non-hydrogen) atoms. The van der Waals surface area contributed by atoms with Crippen molar-refractivity contribution in [1.82, 2.24) is 0 Å². The van der Waals surface area contributed by atoms with Gasteiger partial charge in [-0.1, -0.05) is 49.5 Å². The summed E-state index contributed by atoms with van der Waals surface area (Å²) in [6.07, 6.45) is 4.41. The van der Waals surface area contributed by atoms with Gasteiger partial charge in [-0.3, -0.25) is 4.79 Å². The maximum absolute atomic E-state index is 12.2. The van der Waals surface area contributed by atoms with Gasteiger partial charge in [0.05, 0.1) is 27.4 Å². The molecule has 4 atom stereocenters. The van der Waals surface area contributed by atoms with Crippen molar-refractivity contribution in [3.8, 4) is 5.75 Å². The number of anilines is 1. The third-order valence-electron chi connectivity index (χ3n) is 8.00. The molecule has 0 unspecified atom stereocenters. The van der Waals surface area contributed by atoms with Crippen LogP contribution in [0.2, 0.25) is 18.6 Å². The zero-order valence-electron chi connectivity index (χ0n) is 21.0. The molecule has 0 radical (unpaired) electrons. The fraction of sp³-hybridized carbons (Fsp3) is 0.536. The van der Waals surface area contributed by atoms with Crippen LogP contribution in [0.1, 0.15) is 38.2 Å². The standard InChI is InChI=1S/C28H39NO4Si/c1-20-25(15-10-21-7-5-8-22(19-21)29-17-6-9-27(29)31)33-26(16-18-30)28(20)34(3,4)24-13-11-23(32-2)12-14-24/h5,7-8,11-14,19-20,25-26,28,30H,6,9-10,15-18H2,1-4H3/t20-,25+,26-,28+/m1/s1.